The van der Waals surface area contributed by atoms with Crippen LogP contribution in [0.3, 0.4) is 0 Å². The van der Waals surface area contributed by atoms with Crippen LogP contribution in [0.1, 0.15) is 82.4 Å². The first-order valence-electron chi connectivity index (χ1n) is 12.2. The molecule has 2 aromatic carbocycles. The van der Waals surface area contributed by atoms with Gasteiger partial charge in [-0.2, -0.15) is 0 Å². The van der Waals surface area contributed by atoms with Crippen molar-refractivity contribution in [2.75, 3.05) is 12.4 Å². The molecule has 182 valence electrons. The predicted octanol–water partition coefficient (Wildman–Crippen LogP) is 7.65. The number of nitrogens with zero attached hydrogens (tertiary/aromatic N) is 1. The van der Waals surface area contributed by atoms with Crippen LogP contribution in [-0.2, 0) is 10.2 Å². The Labute approximate surface area is 203 Å². The fourth-order valence-electron chi connectivity index (χ4n) is 4.51. The van der Waals surface area contributed by atoms with E-state index in [0.717, 1.165) is 59.4 Å². The monoisotopic (exact) mass is 462 g/mol. The maximum atomic E-state index is 13.4. The molecule has 0 spiro atoms. The molecule has 1 heterocycles. The minimum absolute atomic E-state index is 0.000103. The van der Waals surface area contributed by atoms with Gasteiger partial charge in [-0.25, -0.2) is 4.98 Å². The number of carbonyl (C=O) groups is 1. The summed E-state index contributed by atoms with van der Waals surface area (Å²) in [6.07, 6.45) is 7.91. The van der Waals surface area contributed by atoms with Crippen molar-refractivity contribution in [1.82, 2.24) is 4.98 Å². The Morgan fingerprint density at radius 3 is 2.62 bits per heavy atom. The molecule has 3 rings (SSSR count). The minimum atomic E-state index is -0.127. The van der Waals surface area contributed by atoms with Gasteiger partial charge < -0.3 is 14.5 Å². The maximum Gasteiger partial charge on any atom is 0.225 e. The smallest absolute Gasteiger partial charge is 0.225 e. The van der Waals surface area contributed by atoms with E-state index in [-0.39, 0.29) is 17.2 Å². The van der Waals surface area contributed by atoms with Crippen LogP contribution in [0.4, 0.5) is 5.69 Å². The molecule has 3 aromatic rings. The van der Waals surface area contributed by atoms with Crippen molar-refractivity contribution < 1.29 is 13.9 Å². The highest BCUT2D eigenvalue weighted by molar-refractivity contribution is 5.93. The van der Waals surface area contributed by atoms with Crippen molar-refractivity contribution in [2.45, 2.75) is 78.1 Å². The molecule has 5 heteroatoms. The number of anilines is 1. The van der Waals surface area contributed by atoms with Gasteiger partial charge in [-0.05, 0) is 53.5 Å². The van der Waals surface area contributed by atoms with E-state index < -0.39 is 0 Å². The number of benzene rings is 2. The van der Waals surface area contributed by atoms with Crippen LogP contribution in [0.2, 0.25) is 0 Å². The van der Waals surface area contributed by atoms with E-state index in [1.165, 1.54) is 0 Å². The third-order valence-electron chi connectivity index (χ3n) is 6.26. The number of oxazole rings is 1. The lowest BCUT2D eigenvalue weighted by molar-refractivity contribution is -0.116. The summed E-state index contributed by atoms with van der Waals surface area (Å²) < 4.78 is 11.2. The lowest BCUT2D eigenvalue weighted by atomic mass is 9.84. The molecule has 0 saturated heterocycles. The second-order valence-corrected chi connectivity index (χ2v) is 9.99. The SMILES string of the molecule is CCCCCC(CC(=O)Nc1cc(-c2ncco2)ccc1C(C)(C)C)c1cccc(C)c1OC. The van der Waals surface area contributed by atoms with Crippen LogP contribution >= 0.6 is 0 Å². The number of hydrogen-bond donors (Lipinski definition) is 1. The van der Waals surface area contributed by atoms with Gasteiger partial charge in [-0.3, -0.25) is 4.79 Å². The van der Waals surface area contributed by atoms with Gasteiger partial charge in [0.05, 0.1) is 13.3 Å². The van der Waals surface area contributed by atoms with Crippen LogP contribution < -0.4 is 10.1 Å². The van der Waals surface area contributed by atoms with Gasteiger partial charge >= 0.3 is 0 Å². The Bertz CT molecular complexity index is 1080. The fraction of sp³-hybridized carbons (Fsp3) is 0.448. The Morgan fingerprint density at radius 2 is 1.97 bits per heavy atom. The number of para-hydroxylation sites is 1. The lowest BCUT2D eigenvalue weighted by Crippen LogP contribution is -2.20. The average molecular weight is 463 g/mol. The number of rotatable bonds is 10. The summed E-state index contributed by atoms with van der Waals surface area (Å²) >= 11 is 0. The zero-order valence-corrected chi connectivity index (χ0v) is 21.4. The first-order chi connectivity index (χ1) is 16.2. The van der Waals surface area contributed by atoms with E-state index in [9.17, 15) is 4.79 Å². The zero-order chi connectivity index (χ0) is 24.7. The topological polar surface area (TPSA) is 64.4 Å². The molecule has 0 bridgehead atoms. The summed E-state index contributed by atoms with van der Waals surface area (Å²) in [5.41, 5.74) is 4.79. The van der Waals surface area contributed by atoms with Gasteiger partial charge in [-0.15, -0.1) is 0 Å². The van der Waals surface area contributed by atoms with Gasteiger partial charge in [0.15, 0.2) is 0 Å². The Kier molecular flexibility index (Phi) is 8.54. The number of methoxy groups -OCH3 is 1. The molecular formula is C29H38N2O3. The van der Waals surface area contributed by atoms with E-state index in [1.54, 1.807) is 19.6 Å². The molecule has 1 atom stereocenters. The largest absolute Gasteiger partial charge is 0.496 e. The average Bonchev–Trinajstić information content (AvgIpc) is 3.32. The number of ether oxygens (including phenoxy) is 1. The highest BCUT2D eigenvalue weighted by Gasteiger charge is 2.24. The summed E-state index contributed by atoms with van der Waals surface area (Å²) in [4.78, 5) is 17.7. The molecule has 1 amide bonds. The van der Waals surface area contributed by atoms with Crippen molar-refractivity contribution in [1.29, 1.82) is 0 Å². The number of hydrogen-bond acceptors (Lipinski definition) is 4. The Morgan fingerprint density at radius 1 is 1.18 bits per heavy atom. The molecule has 1 aromatic heterocycles. The number of carbonyl (C=O) groups excluding carboxylic acids is 1. The van der Waals surface area contributed by atoms with E-state index >= 15 is 0 Å². The molecule has 1 unspecified atom stereocenters. The Hall–Kier alpha value is -3.08. The van der Waals surface area contributed by atoms with Crippen molar-refractivity contribution in [3.05, 3.63) is 65.5 Å². The normalized spacial score (nSPS) is 12.4. The molecule has 0 aliphatic heterocycles. The third kappa shape index (κ3) is 6.28. The molecule has 0 saturated carbocycles. The number of unbranched alkanes of at least 4 members (excludes halogenated alkanes) is 2. The predicted molar refractivity (Wildman–Crippen MR) is 138 cm³/mol. The lowest BCUT2D eigenvalue weighted by Gasteiger charge is -2.25. The highest BCUT2D eigenvalue weighted by Crippen LogP contribution is 2.37. The first-order valence-corrected chi connectivity index (χ1v) is 12.2. The van der Waals surface area contributed by atoms with E-state index in [2.05, 4.69) is 69.2 Å². The summed E-state index contributed by atoms with van der Waals surface area (Å²) in [7, 11) is 1.71. The standard InChI is InChI=1S/C29H38N2O3/c1-7-8-9-12-21(23-13-10-11-20(2)27(23)33-6)19-26(32)31-25-18-22(28-30-16-17-34-28)14-15-24(25)29(3,4)5/h10-11,13-18,21H,7-9,12,19H2,1-6H3,(H,31,32). The molecular weight excluding hydrogens is 424 g/mol. The zero-order valence-electron chi connectivity index (χ0n) is 21.4. The second kappa shape index (κ2) is 11.4. The van der Waals surface area contributed by atoms with Crippen LogP contribution in [0.25, 0.3) is 11.5 Å². The van der Waals surface area contributed by atoms with Crippen LogP contribution in [-0.4, -0.2) is 18.0 Å². The number of aromatic nitrogens is 1. The highest BCUT2D eigenvalue weighted by atomic mass is 16.5. The molecule has 0 aliphatic rings. The van der Waals surface area contributed by atoms with Gasteiger partial charge in [0, 0.05) is 17.7 Å². The van der Waals surface area contributed by atoms with Gasteiger partial charge in [0.25, 0.3) is 0 Å². The van der Waals surface area contributed by atoms with Crippen molar-refractivity contribution >= 4 is 11.6 Å². The maximum absolute atomic E-state index is 13.4. The van der Waals surface area contributed by atoms with Gasteiger partial charge in [0.1, 0.15) is 12.0 Å². The van der Waals surface area contributed by atoms with Crippen LogP contribution in [0, 0.1) is 6.92 Å². The fourth-order valence-corrected chi connectivity index (χ4v) is 4.51. The first kappa shape index (κ1) is 25.5. The van der Waals surface area contributed by atoms with Crippen molar-refractivity contribution in [3.8, 4) is 17.2 Å². The van der Waals surface area contributed by atoms with Crippen molar-refractivity contribution in [2.24, 2.45) is 0 Å². The van der Waals surface area contributed by atoms with E-state index in [1.807, 2.05) is 12.1 Å². The molecule has 5 nitrogen and oxygen atoms in total. The van der Waals surface area contributed by atoms with E-state index in [0.29, 0.717) is 12.3 Å². The Balaban J connectivity index is 1.89. The number of nitrogens with one attached hydrogen (secondary N) is 1. The quantitative estimate of drug-likeness (QED) is 0.314. The molecule has 0 fully saturated rings. The summed E-state index contributed by atoms with van der Waals surface area (Å²) in [6.45, 7) is 10.7. The third-order valence-corrected chi connectivity index (χ3v) is 6.26. The molecule has 1 N–H and O–H groups in total. The summed E-state index contributed by atoms with van der Waals surface area (Å²) in [5.74, 6) is 1.52. The van der Waals surface area contributed by atoms with Crippen molar-refractivity contribution in [3.63, 3.8) is 0 Å². The summed E-state index contributed by atoms with van der Waals surface area (Å²) in [5, 5.41) is 3.21. The number of aryl methyl sites for hydroxylation is 1. The molecule has 0 radical (unpaired) electrons. The molecule has 34 heavy (non-hydrogen) atoms. The summed E-state index contributed by atoms with van der Waals surface area (Å²) in [6, 6.07) is 12.2. The van der Waals surface area contributed by atoms with Gasteiger partial charge in [0.2, 0.25) is 11.8 Å². The van der Waals surface area contributed by atoms with Gasteiger partial charge in [-0.1, -0.05) is 71.2 Å². The van der Waals surface area contributed by atoms with E-state index in [4.69, 9.17) is 9.15 Å². The van der Waals surface area contributed by atoms with Crippen LogP contribution in [0.15, 0.2) is 53.3 Å². The molecule has 0 aliphatic carbocycles. The minimum Gasteiger partial charge on any atom is -0.496 e. The number of amides is 1. The van der Waals surface area contributed by atoms with Crippen LogP contribution in [0.5, 0.6) is 5.75 Å². The second-order valence-electron chi connectivity index (χ2n) is 9.99.